The normalized spacial score (nSPS) is 19.7. The van der Waals surface area contributed by atoms with E-state index in [4.69, 9.17) is 5.73 Å². The number of likely N-dealkylation sites (tertiary alicyclic amines) is 1. The van der Waals surface area contributed by atoms with Crippen LogP contribution in [0.3, 0.4) is 0 Å². The lowest BCUT2D eigenvalue weighted by Gasteiger charge is -2.22. The number of piperidine rings is 1. The summed E-state index contributed by atoms with van der Waals surface area (Å²) in [6.07, 6.45) is 10.2. The predicted molar refractivity (Wildman–Crippen MR) is 124 cm³/mol. The van der Waals surface area contributed by atoms with Gasteiger partial charge >= 0.3 is 0 Å². The molecular weight excluding hydrogens is 404 g/mol. The number of hydrogen-bond donors (Lipinski definition) is 2. The van der Waals surface area contributed by atoms with Gasteiger partial charge in [-0.15, -0.1) is 0 Å². The maximum absolute atomic E-state index is 12.2. The molecule has 0 aromatic carbocycles. The number of carbonyl (C=O) groups is 1. The SMILES string of the molecule is C=CC(=O)N1CCC(c2c(-c3cnn(CC4CCNCC4)c3)c3c(N)ncnc3n2C)C1. The van der Waals surface area contributed by atoms with Crippen LogP contribution in [-0.2, 0) is 18.4 Å². The van der Waals surface area contributed by atoms with Crippen molar-refractivity contribution < 1.29 is 4.79 Å². The fraction of sp³-hybridized carbons (Fsp3) is 0.478. The number of fused-ring (bicyclic) bond motifs is 1. The summed E-state index contributed by atoms with van der Waals surface area (Å²) in [5.74, 6) is 1.26. The molecule has 0 spiro atoms. The van der Waals surface area contributed by atoms with Gasteiger partial charge in [0.2, 0.25) is 5.91 Å². The van der Waals surface area contributed by atoms with Gasteiger partial charge in [-0.25, -0.2) is 9.97 Å². The maximum atomic E-state index is 12.2. The van der Waals surface area contributed by atoms with Crippen LogP contribution in [0.1, 0.15) is 30.9 Å². The average Bonchev–Trinajstić information content (AvgIpc) is 3.53. The minimum Gasteiger partial charge on any atom is -0.383 e. The van der Waals surface area contributed by atoms with Crippen molar-refractivity contribution in [2.75, 3.05) is 31.9 Å². The van der Waals surface area contributed by atoms with Crippen LogP contribution in [0.15, 0.2) is 31.4 Å². The molecule has 2 aliphatic heterocycles. The van der Waals surface area contributed by atoms with Gasteiger partial charge < -0.3 is 20.5 Å². The van der Waals surface area contributed by atoms with E-state index in [1.54, 1.807) is 0 Å². The number of aryl methyl sites for hydroxylation is 1. The third-order valence-corrected chi connectivity index (χ3v) is 6.93. The Morgan fingerprint density at radius 2 is 2.12 bits per heavy atom. The van der Waals surface area contributed by atoms with Gasteiger partial charge in [-0.1, -0.05) is 6.58 Å². The lowest BCUT2D eigenvalue weighted by molar-refractivity contribution is -0.125. The van der Waals surface area contributed by atoms with Crippen molar-refractivity contribution in [3.05, 3.63) is 37.1 Å². The van der Waals surface area contributed by atoms with Crippen molar-refractivity contribution in [2.45, 2.75) is 31.7 Å². The van der Waals surface area contributed by atoms with E-state index in [9.17, 15) is 4.79 Å². The molecule has 2 fully saturated rings. The Bertz CT molecular complexity index is 1160. The highest BCUT2D eigenvalue weighted by Gasteiger charge is 2.33. The van der Waals surface area contributed by atoms with Crippen LogP contribution in [0.2, 0.25) is 0 Å². The van der Waals surface area contributed by atoms with Crippen LogP contribution in [0, 0.1) is 5.92 Å². The van der Waals surface area contributed by atoms with Gasteiger partial charge in [0, 0.05) is 55.6 Å². The van der Waals surface area contributed by atoms with E-state index in [1.165, 1.54) is 25.2 Å². The Balaban J connectivity index is 1.56. The molecule has 2 saturated heterocycles. The number of anilines is 1. The summed E-state index contributed by atoms with van der Waals surface area (Å²) in [5.41, 5.74) is 10.4. The first kappa shape index (κ1) is 20.7. The number of rotatable bonds is 5. The number of nitrogens with one attached hydrogen (secondary N) is 1. The third-order valence-electron chi connectivity index (χ3n) is 6.93. The van der Waals surface area contributed by atoms with Crippen molar-refractivity contribution in [1.82, 2.24) is 34.5 Å². The molecule has 3 aromatic rings. The number of nitrogens with zero attached hydrogens (tertiary/aromatic N) is 6. The van der Waals surface area contributed by atoms with Crippen molar-refractivity contribution >= 4 is 22.8 Å². The highest BCUT2D eigenvalue weighted by molar-refractivity contribution is 6.02. The molecule has 0 bridgehead atoms. The third kappa shape index (κ3) is 3.56. The van der Waals surface area contributed by atoms with Crippen LogP contribution in [0.5, 0.6) is 0 Å². The number of nitrogen functional groups attached to an aromatic ring is 1. The van der Waals surface area contributed by atoms with E-state index in [0.29, 0.717) is 24.8 Å². The van der Waals surface area contributed by atoms with E-state index in [2.05, 4.69) is 42.4 Å². The molecule has 5 heterocycles. The zero-order valence-electron chi connectivity index (χ0n) is 18.5. The van der Waals surface area contributed by atoms with Crippen molar-refractivity contribution in [1.29, 1.82) is 0 Å². The number of aromatic nitrogens is 5. The van der Waals surface area contributed by atoms with Gasteiger partial charge in [-0.05, 0) is 44.3 Å². The monoisotopic (exact) mass is 434 g/mol. The minimum absolute atomic E-state index is 0.0260. The molecule has 3 aromatic heterocycles. The molecule has 1 atom stereocenters. The molecule has 32 heavy (non-hydrogen) atoms. The Labute approximate surface area is 187 Å². The Morgan fingerprint density at radius 3 is 2.91 bits per heavy atom. The van der Waals surface area contributed by atoms with Gasteiger partial charge in [0.05, 0.1) is 11.6 Å². The quantitative estimate of drug-likeness (QED) is 0.594. The largest absolute Gasteiger partial charge is 0.383 e. The summed E-state index contributed by atoms with van der Waals surface area (Å²) >= 11 is 0. The van der Waals surface area contributed by atoms with Gasteiger partial charge in [-0.2, -0.15) is 5.10 Å². The Morgan fingerprint density at radius 1 is 1.31 bits per heavy atom. The van der Waals surface area contributed by atoms with Gasteiger partial charge in [0.15, 0.2) is 0 Å². The van der Waals surface area contributed by atoms with Gasteiger partial charge in [-0.3, -0.25) is 9.48 Å². The zero-order valence-corrected chi connectivity index (χ0v) is 18.5. The number of nitrogens with two attached hydrogens (primary N) is 1. The highest BCUT2D eigenvalue weighted by atomic mass is 16.2. The van der Waals surface area contributed by atoms with Crippen molar-refractivity contribution in [3.63, 3.8) is 0 Å². The van der Waals surface area contributed by atoms with E-state index in [0.717, 1.165) is 53.9 Å². The van der Waals surface area contributed by atoms with Gasteiger partial charge in [0.25, 0.3) is 0 Å². The summed E-state index contributed by atoms with van der Waals surface area (Å²) in [5, 5.41) is 8.97. The first-order valence-corrected chi connectivity index (χ1v) is 11.3. The van der Waals surface area contributed by atoms with Crippen molar-refractivity contribution in [2.24, 2.45) is 13.0 Å². The highest BCUT2D eigenvalue weighted by Crippen LogP contribution is 2.42. The topological polar surface area (TPSA) is 107 Å². The average molecular weight is 435 g/mol. The second-order valence-corrected chi connectivity index (χ2v) is 8.90. The fourth-order valence-corrected chi connectivity index (χ4v) is 5.30. The predicted octanol–water partition coefficient (Wildman–Crippen LogP) is 1.92. The molecule has 0 radical (unpaired) electrons. The second kappa shape index (κ2) is 8.38. The molecule has 1 amide bonds. The summed E-state index contributed by atoms with van der Waals surface area (Å²) in [6, 6.07) is 0. The lowest BCUT2D eigenvalue weighted by atomic mass is 9.96. The first-order chi connectivity index (χ1) is 15.6. The zero-order chi connectivity index (χ0) is 22.2. The molecule has 3 N–H and O–H groups in total. The molecule has 5 rings (SSSR count). The van der Waals surface area contributed by atoms with Gasteiger partial charge in [0.1, 0.15) is 17.8 Å². The number of carbonyl (C=O) groups excluding carboxylic acids is 1. The van der Waals surface area contributed by atoms with Crippen molar-refractivity contribution in [3.8, 4) is 11.1 Å². The molecule has 9 nitrogen and oxygen atoms in total. The first-order valence-electron chi connectivity index (χ1n) is 11.3. The standard InChI is InChI=1S/C23H30N8O/c1-3-18(32)30-9-6-16(12-30)21-19(20-22(24)26-14-27-23(20)29(21)2)17-10-28-31(13-17)11-15-4-7-25-8-5-15/h3,10,13-16,25H,1,4-9,11-12H2,2H3,(H2,24,26,27). The van der Waals surface area contributed by atoms with Crippen LogP contribution < -0.4 is 11.1 Å². The smallest absolute Gasteiger partial charge is 0.245 e. The van der Waals surface area contributed by atoms with E-state index in [1.807, 2.05) is 18.1 Å². The summed E-state index contributed by atoms with van der Waals surface area (Å²) in [4.78, 5) is 22.9. The van der Waals surface area contributed by atoms with Crippen LogP contribution >= 0.6 is 0 Å². The summed E-state index contributed by atoms with van der Waals surface area (Å²) < 4.78 is 4.16. The molecular formula is C23H30N8O. The fourth-order valence-electron chi connectivity index (χ4n) is 5.30. The van der Waals surface area contributed by atoms with E-state index < -0.39 is 0 Å². The second-order valence-electron chi connectivity index (χ2n) is 8.90. The molecule has 9 heteroatoms. The van der Waals surface area contributed by atoms with Crippen LogP contribution in [-0.4, -0.2) is 61.3 Å². The minimum atomic E-state index is -0.0260. The maximum Gasteiger partial charge on any atom is 0.245 e. The van der Waals surface area contributed by atoms with Crippen LogP contribution in [0.25, 0.3) is 22.2 Å². The Kier molecular flexibility index (Phi) is 5.42. The molecule has 0 saturated carbocycles. The van der Waals surface area contributed by atoms with Crippen LogP contribution in [0.4, 0.5) is 5.82 Å². The summed E-state index contributed by atoms with van der Waals surface area (Å²) in [7, 11) is 2.02. The van der Waals surface area contributed by atoms with E-state index >= 15 is 0 Å². The molecule has 1 unspecified atom stereocenters. The lowest BCUT2D eigenvalue weighted by Crippen LogP contribution is -2.29. The summed E-state index contributed by atoms with van der Waals surface area (Å²) in [6.45, 7) is 8.06. The number of hydrogen-bond acceptors (Lipinski definition) is 6. The Hall–Kier alpha value is -3.20. The molecule has 2 aliphatic rings. The van der Waals surface area contributed by atoms with E-state index in [-0.39, 0.29) is 11.8 Å². The molecule has 0 aliphatic carbocycles. The number of amides is 1. The molecule has 168 valence electrons.